The Bertz CT molecular complexity index is 801. The highest BCUT2D eigenvalue weighted by atomic mass is 15.3. The lowest BCUT2D eigenvalue weighted by Crippen LogP contribution is -1.96. The first-order valence-electron chi connectivity index (χ1n) is 6.76. The Morgan fingerprint density at radius 3 is 2.35 bits per heavy atom. The molecule has 0 fully saturated rings. The number of aryl methyl sites for hydroxylation is 4. The molecular weight excluding hydrogens is 248 g/mol. The average Bonchev–Trinajstić information content (AvgIpc) is 2.79. The Balaban J connectivity index is 2.44. The quantitative estimate of drug-likeness (QED) is 0.737. The first-order valence-corrected chi connectivity index (χ1v) is 6.76. The van der Waals surface area contributed by atoms with Crippen molar-refractivity contribution in [3.8, 4) is 11.3 Å². The molecule has 20 heavy (non-hydrogen) atoms. The lowest BCUT2D eigenvalue weighted by molar-refractivity contribution is 0.782. The highest BCUT2D eigenvalue weighted by Gasteiger charge is 2.18. The molecule has 4 heteroatoms. The summed E-state index contributed by atoms with van der Waals surface area (Å²) in [6, 6.07) is 6.40. The largest absolute Gasteiger partial charge is 0.384 e. The zero-order valence-electron chi connectivity index (χ0n) is 12.7. The molecule has 0 aliphatic heterocycles. The van der Waals surface area contributed by atoms with Crippen LogP contribution in [0.25, 0.3) is 22.2 Å². The van der Waals surface area contributed by atoms with Crippen LogP contribution in [-0.4, -0.2) is 14.3 Å². The summed E-state index contributed by atoms with van der Waals surface area (Å²) in [5.41, 5.74) is 13.1. The zero-order chi connectivity index (χ0) is 14.6. The number of anilines is 1. The predicted molar refractivity (Wildman–Crippen MR) is 83.7 cm³/mol. The van der Waals surface area contributed by atoms with Crippen molar-refractivity contribution in [2.75, 3.05) is 5.73 Å². The number of aromatic nitrogens is 3. The third-order valence-electron chi connectivity index (χ3n) is 4.09. The van der Waals surface area contributed by atoms with Crippen LogP contribution in [0.3, 0.4) is 0 Å². The maximum absolute atomic E-state index is 5.93. The number of nitrogen functional groups attached to an aromatic ring is 1. The highest BCUT2D eigenvalue weighted by molar-refractivity contribution is 5.99. The van der Waals surface area contributed by atoms with Gasteiger partial charge in [-0.15, -0.1) is 0 Å². The Labute approximate surface area is 118 Å². The van der Waals surface area contributed by atoms with Crippen LogP contribution in [0.15, 0.2) is 18.2 Å². The lowest BCUT2D eigenvalue weighted by atomic mass is 10.0. The third-order valence-corrected chi connectivity index (χ3v) is 4.09. The van der Waals surface area contributed by atoms with Crippen molar-refractivity contribution in [2.24, 2.45) is 14.1 Å². The van der Waals surface area contributed by atoms with Gasteiger partial charge in [0.1, 0.15) is 5.82 Å². The van der Waals surface area contributed by atoms with E-state index in [2.05, 4.69) is 49.6 Å². The summed E-state index contributed by atoms with van der Waals surface area (Å²) in [4.78, 5) is 0. The summed E-state index contributed by atoms with van der Waals surface area (Å²) in [5, 5.41) is 5.79. The van der Waals surface area contributed by atoms with Crippen molar-refractivity contribution >= 4 is 16.7 Å². The molecule has 2 heterocycles. The van der Waals surface area contributed by atoms with Crippen molar-refractivity contribution < 1.29 is 0 Å². The number of benzene rings is 1. The van der Waals surface area contributed by atoms with Crippen LogP contribution in [0.4, 0.5) is 5.82 Å². The molecule has 3 rings (SSSR count). The zero-order valence-corrected chi connectivity index (χ0v) is 12.7. The SMILES string of the molecule is Cc1cc(C)c2c(c1)c(-c1cc(N)n(C)n1)c(C)n2C. The first kappa shape index (κ1) is 12.8. The van der Waals surface area contributed by atoms with Gasteiger partial charge in [0.2, 0.25) is 0 Å². The summed E-state index contributed by atoms with van der Waals surface area (Å²) >= 11 is 0. The second kappa shape index (κ2) is 4.13. The van der Waals surface area contributed by atoms with E-state index >= 15 is 0 Å². The van der Waals surface area contributed by atoms with Crippen molar-refractivity contribution in [3.05, 3.63) is 35.0 Å². The first-order chi connectivity index (χ1) is 9.40. The van der Waals surface area contributed by atoms with Gasteiger partial charge in [-0.05, 0) is 32.4 Å². The normalized spacial score (nSPS) is 11.4. The van der Waals surface area contributed by atoms with Gasteiger partial charge in [-0.3, -0.25) is 4.68 Å². The molecule has 0 unspecified atom stereocenters. The smallest absolute Gasteiger partial charge is 0.121 e. The fourth-order valence-corrected chi connectivity index (χ4v) is 3.05. The summed E-state index contributed by atoms with van der Waals surface area (Å²) in [6.07, 6.45) is 0. The highest BCUT2D eigenvalue weighted by Crippen LogP contribution is 2.36. The van der Waals surface area contributed by atoms with Crippen molar-refractivity contribution in [1.82, 2.24) is 14.3 Å². The fourth-order valence-electron chi connectivity index (χ4n) is 3.05. The third kappa shape index (κ3) is 1.64. The number of hydrogen-bond acceptors (Lipinski definition) is 2. The molecule has 0 radical (unpaired) electrons. The van der Waals surface area contributed by atoms with Crippen LogP contribution in [0.5, 0.6) is 0 Å². The molecule has 0 saturated carbocycles. The van der Waals surface area contributed by atoms with Gasteiger partial charge < -0.3 is 10.3 Å². The number of hydrogen-bond donors (Lipinski definition) is 1. The van der Waals surface area contributed by atoms with Crippen molar-refractivity contribution in [1.29, 1.82) is 0 Å². The summed E-state index contributed by atoms with van der Waals surface area (Å²) < 4.78 is 3.96. The van der Waals surface area contributed by atoms with Crippen LogP contribution in [0.2, 0.25) is 0 Å². The van der Waals surface area contributed by atoms with Gasteiger partial charge >= 0.3 is 0 Å². The van der Waals surface area contributed by atoms with Gasteiger partial charge in [0.05, 0.1) is 11.2 Å². The molecule has 0 bridgehead atoms. The molecule has 0 atom stereocenters. The van der Waals surface area contributed by atoms with Gasteiger partial charge in [-0.2, -0.15) is 5.10 Å². The predicted octanol–water partition coefficient (Wildman–Crippen LogP) is 3.09. The second-order valence-corrected chi connectivity index (χ2v) is 5.58. The van der Waals surface area contributed by atoms with Crippen LogP contribution in [0, 0.1) is 20.8 Å². The van der Waals surface area contributed by atoms with Gasteiger partial charge in [-0.1, -0.05) is 11.6 Å². The topological polar surface area (TPSA) is 48.8 Å². The van der Waals surface area contributed by atoms with Crippen molar-refractivity contribution in [3.63, 3.8) is 0 Å². The Kier molecular flexibility index (Phi) is 2.64. The minimum absolute atomic E-state index is 0.681. The Morgan fingerprint density at radius 1 is 1.05 bits per heavy atom. The fraction of sp³-hybridized carbons (Fsp3) is 0.312. The van der Waals surface area contributed by atoms with Crippen LogP contribution in [-0.2, 0) is 14.1 Å². The van der Waals surface area contributed by atoms with E-state index in [1.165, 1.54) is 33.3 Å². The van der Waals surface area contributed by atoms with Gasteiger partial charge in [0.15, 0.2) is 0 Å². The van der Waals surface area contributed by atoms with Gasteiger partial charge in [-0.25, -0.2) is 0 Å². The van der Waals surface area contributed by atoms with E-state index in [0.717, 1.165) is 5.69 Å². The number of rotatable bonds is 1. The van der Waals surface area contributed by atoms with E-state index in [0.29, 0.717) is 5.82 Å². The number of nitrogens with zero attached hydrogens (tertiary/aromatic N) is 3. The average molecular weight is 268 g/mol. The lowest BCUT2D eigenvalue weighted by Gasteiger charge is -2.03. The molecule has 1 aromatic carbocycles. The minimum atomic E-state index is 0.681. The van der Waals surface area contributed by atoms with Crippen LogP contribution in [0.1, 0.15) is 16.8 Å². The molecule has 3 aromatic rings. The molecule has 2 aromatic heterocycles. The summed E-state index contributed by atoms with van der Waals surface area (Å²) in [6.45, 7) is 6.42. The molecule has 104 valence electrons. The van der Waals surface area contributed by atoms with Gasteiger partial charge in [0.25, 0.3) is 0 Å². The molecule has 4 nitrogen and oxygen atoms in total. The van der Waals surface area contributed by atoms with E-state index in [4.69, 9.17) is 5.73 Å². The Hall–Kier alpha value is -2.23. The van der Waals surface area contributed by atoms with E-state index in [9.17, 15) is 0 Å². The van der Waals surface area contributed by atoms with Crippen molar-refractivity contribution in [2.45, 2.75) is 20.8 Å². The molecule has 0 spiro atoms. The van der Waals surface area contributed by atoms with E-state index in [1.807, 2.05) is 13.1 Å². The number of fused-ring (bicyclic) bond motifs is 1. The van der Waals surface area contributed by atoms with Crippen LogP contribution < -0.4 is 5.73 Å². The van der Waals surface area contributed by atoms with E-state index in [-0.39, 0.29) is 0 Å². The number of nitrogens with two attached hydrogens (primary N) is 1. The molecule has 0 aliphatic carbocycles. The summed E-state index contributed by atoms with van der Waals surface area (Å²) in [7, 11) is 3.98. The van der Waals surface area contributed by atoms with Crippen LogP contribution >= 0.6 is 0 Å². The maximum atomic E-state index is 5.93. The molecule has 2 N–H and O–H groups in total. The van der Waals surface area contributed by atoms with Gasteiger partial charge in [0, 0.05) is 36.8 Å². The molecular formula is C16H20N4. The molecule has 0 aliphatic rings. The van der Waals surface area contributed by atoms with E-state index in [1.54, 1.807) is 4.68 Å². The maximum Gasteiger partial charge on any atom is 0.121 e. The van der Waals surface area contributed by atoms with E-state index < -0.39 is 0 Å². The molecule has 0 amide bonds. The Morgan fingerprint density at radius 2 is 1.75 bits per heavy atom. The second-order valence-electron chi connectivity index (χ2n) is 5.58. The molecule has 0 saturated heterocycles. The minimum Gasteiger partial charge on any atom is -0.384 e. The monoisotopic (exact) mass is 268 g/mol. The standard InChI is InChI=1S/C16H20N4/c1-9-6-10(2)16-12(7-9)15(11(3)19(16)4)13-8-14(17)20(5)18-13/h6-8H,17H2,1-5H3. The summed E-state index contributed by atoms with van der Waals surface area (Å²) in [5.74, 6) is 0.681.